The van der Waals surface area contributed by atoms with Gasteiger partial charge in [-0.3, -0.25) is 4.79 Å². The molecule has 1 N–H and O–H groups in total. The van der Waals surface area contributed by atoms with E-state index in [1.807, 2.05) is 36.9 Å². The van der Waals surface area contributed by atoms with Crippen molar-refractivity contribution >= 4 is 11.9 Å². The molecule has 9 heteroatoms. The van der Waals surface area contributed by atoms with E-state index in [9.17, 15) is 13.6 Å². The van der Waals surface area contributed by atoms with Gasteiger partial charge in [0, 0.05) is 19.1 Å². The number of alkyl halides is 2. The first-order chi connectivity index (χ1) is 14.8. The molecule has 0 radical (unpaired) electrons. The van der Waals surface area contributed by atoms with Crippen LogP contribution in [0.3, 0.4) is 0 Å². The first kappa shape index (κ1) is 21.5. The zero-order chi connectivity index (χ0) is 22.1. The number of aromatic nitrogens is 3. The molecule has 4 rings (SSSR count). The van der Waals surface area contributed by atoms with Gasteiger partial charge in [-0.25, -0.2) is 13.5 Å². The van der Waals surface area contributed by atoms with Crippen LogP contribution in [-0.4, -0.2) is 57.2 Å². The summed E-state index contributed by atoms with van der Waals surface area (Å²) in [6.45, 7) is 6.94. The van der Waals surface area contributed by atoms with Gasteiger partial charge in [-0.05, 0) is 57.6 Å². The van der Waals surface area contributed by atoms with Gasteiger partial charge in [0.25, 0.3) is 12.3 Å². The predicted octanol–water partition coefficient (Wildman–Crippen LogP) is 3.59. The smallest absolute Gasteiger partial charge is 0.263 e. The van der Waals surface area contributed by atoms with Gasteiger partial charge in [0.2, 0.25) is 5.95 Å². The number of likely N-dealkylation sites (tertiary alicyclic amines) is 1. The Balaban J connectivity index is 1.33. The Hall–Kier alpha value is -2.71. The monoisotopic (exact) mass is 433 g/mol. The maximum Gasteiger partial charge on any atom is 0.263 e. The molecule has 2 aliphatic rings. The minimum Gasteiger partial charge on any atom is -0.481 e. The summed E-state index contributed by atoms with van der Waals surface area (Å²) in [5.74, 6) is 1.27. The number of anilines is 1. The number of ether oxygens (including phenoxy) is 1. The van der Waals surface area contributed by atoms with Crippen LogP contribution >= 0.6 is 0 Å². The van der Waals surface area contributed by atoms with Crippen molar-refractivity contribution in [2.45, 2.75) is 64.6 Å². The second kappa shape index (κ2) is 8.80. The van der Waals surface area contributed by atoms with Gasteiger partial charge in [-0.2, -0.15) is 10.1 Å². The van der Waals surface area contributed by atoms with Crippen molar-refractivity contribution < 1.29 is 18.3 Å². The fourth-order valence-electron chi connectivity index (χ4n) is 4.65. The molecule has 168 valence electrons. The van der Waals surface area contributed by atoms with E-state index in [4.69, 9.17) is 4.74 Å². The summed E-state index contributed by atoms with van der Waals surface area (Å²) in [4.78, 5) is 18.8. The van der Waals surface area contributed by atoms with Crippen molar-refractivity contribution in [2.75, 3.05) is 18.4 Å². The van der Waals surface area contributed by atoms with Gasteiger partial charge < -0.3 is 15.0 Å². The molecule has 3 heterocycles. The largest absolute Gasteiger partial charge is 0.481 e. The summed E-state index contributed by atoms with van der Waals surface area (Å²) in [5, 5.41) is 7.20. The van der Waals surface area contributed by atoms with E-state index < -0.39 is 18.6 Å². The first-order valence-corrected chi connectivity index (χ1v) is 10.8. The molecule has 0 aliphatic carbocycles. The number of fused-ring (bicyclic) bond motifs is 1. The fourth-order valence-corrected chi connectivity index (χ4v) is 4.65. The highest BCUT2D eigenvalue weighted by molar-refractivity contribution is 5.81. The number of amides is 1. The molecule has 1 aromatic heterocycles. The van der Waals surface area contributed by atoms with E-state index >= 15 is 0 Å². The molecule has 0 bridgehead atoms. The maximum atomic E-state index is 13.5. The van der Waals surface area contributed by atoms with Gasteiger partial charge in [-0.1, -0.05) is 17.7 Å². The van der Waals surface area contributed by atoms with Crippen LogP contribution < -0.4 is 10.1 Å². The average Bonchev–Trinajstić information content (AvgIpc) is 3.23. The molecule has 1 saturated heterocycles. The Bertz CT molecular complexity index is 926. The highest BCUT2D eigenvalue weighted by Gasteiger charge is 2.39. The Morgan fingerprint density at radius 2 is 2.00 bits per heavy atom. The van der Waals surface area contributed by atoms with Crippen molar-refractivity contribution in [3.05, 3.63) is 35.7 Å². The molecule has 1 aromatic carbocycles. The second-order valence-electron chi connectivity index (χ2n) is 8.61. The Kier molecular flexibility index (Phi) is 6.11. The van der Waals surface area contributed by atoms with Crippen molar-refractivity contribution in [1.82, 2.24) is 19.7 Å². The molecule has 31 heavy (non-hydrogen) atoms. The molecule has 0 saturated carbocycles. The summed E-state index contributed by atoms with van der Waals surface area (Å²) < 4.78 is 34.2. The molecule has 0 spiro atoms. The highest BCUT2D eigenvalue weighted by Crippen LogP contribution is 2.35. The number of carbonyl (C=O) groups is 1. The molecule has 3 atom stereocenters. The number of nitrogens with one attached hydrogen (secondary N) is 1. The third kappa shape index (κ3) is 4.50. The van der Waals surface area contributed by atoms with E-state index in [0.29, 0.717) is 25.5 Å². The van der Waals surface area contributed by atoms with E-state index in [0.717, 1.165) is 29.7 Å². The minimum absolute atomic E-state index is 0.0415. The predicted molar refractivity (Wildman–Crippen MR) is 112 cm³/mol. The standard InChI is InChI=1S/C22H29F2N5O2/c1-13-4-5-19(14(2)10-13)31-15(3)21(30)28-8-6-16(7-9-28)17-11-18(20(23)24)29-22(27-17)25-12-26-29/h4-5,10,12,15-18,20H,6-9,11H2,1-3H3,(H,25,26,27)/t15?,17-,18+/m0/s1. The summed E-state index contributed by atoms with van der Waals surface area (Å²) in [7, 11) is 0. The van der Waals surface area contributed by atoms with Crippen molar-refractivity contribution in [3.63, 3.8) is 0 Å². The van der Waals surface area contributed by atoms with Gasteiger partial charge in [0.05, 0.1) is 0 Å². The number of aryl methyl sites for hydroxylation is 2. The van der Waals surface area contributed by atoms with Gasteiger partial charge in [0.15, 0.2) is 6.10 Å². The number of carbonyl (C=O) groups excluding carboxylic acids is 1. The van der Waals surface area contributed by atoms with Crippen molar-refractivity contribution in [3.8, 4) is 5.75 Å². The third-order valence-electron chi connectivity index (χ3n) is 6.39. The number of halogens is 2. The third-order valence-corrected chi connectivity index (χ3v) is 6.39. The lowest BCUT2D eigenvalue weighted by Gasteiger charge is -2.40. The minimum atomic E-state index is -2.49. The zero-order valence-electron chi connectivity index (χ0n) is 18.1. The highest BCUT2D eigenvalue weighted by atomic mass is 19.3. The molecule has 7 nitrogen and oxygen atoms in total. The number of rotatable bonds is 5. The van der Waals surface area contributed by atoms with Crippen molar-refractivity contribution in [1.29, 1.82) is 0 Å². The van der Waals surface area contributed by atoms with E-state index in [2.05, 4.69) is 15.4 Å². The SMILES string of the molecule is Cc1ccc(OC(C)C(=O)N2CCC([C@@H]3C[C@H](C(F)F)n4ncnc4N3)CC2)c(C)c1. The van der Waals surface area contributed by atoms with Crippen LogP contribution in [-0.2, 0) is 4.79 Å². The van der Waals surface area contributed by atoms with Crippen LogP contribution in [0.5, 0.6) is 5.75 Å². The molecule has 1 unspecified atom stereocenters. The second-order valence-corrected chi connectivity index (χ2v) is 8.61. The first-order valence-electron chi connectivity index (χ1n) is 10.8. The summed E-state index contributed by atoms with van der Waals surface area (Å²) >= 11 is 0. The summed E-state index contributed by atoms with van der Waals surface area (Å²) in [6.07, 6.45) is 0.0489. The van der Waals surface area contributed by atoms with E-state index in [1.165, 1.54) is 11.0 Å². The Morgan fingerprint density at radius 3 is 2.68 bits per heavy atom. The van der Waals surface area contributed by atoms with E-state index in [1.54, 1.807) is 6.92 Å². The molecule has 2 aliphatic heterocycles. The normalized spacial score (nSPS) is 22.7. The average molecular weight is 434 g/mol. The topological polar surface area (TPSA) is 72.3 Å². The van der Waals surface area contributed by atoms with Crippen LogP contribution in [0.1, 0.15) is 43.4 Å². The molecule has 2 aromatic rings. The molecule has 1 fully saturated rings. The van der Waals surface area contributed by atoms with E-state index in [-0.39, 0.29) is 17.9 Å². The van der Waals surface area contributed by atoms with Crippen LogP contribution in [0.25, 0.3) is 0 Å². The number of nitrogens with zero attached hydrogens (tertiary/aromatic N) is 4. The quantitative estimate of drug-likeness (QED) is 0.780. The van der Waals surface area contributed by atoms with Crippen LogP contribution in [0.2, 0.25) is 0 Å². The van der Waals surface area contributed by atoms with Crippen LogP contribution in [0.15, 0.2) is 24.5 Å². The molecular formula is C22H29F2N5O2. The number of piperidine rings is 1. The Morgan fingerprint density at radius 1 is 1.26 bits per heavy atom. The van der Waals surface area contributed by atoms with Crippen LogP contribution in [0, 0.1) is 19.8 Å². The van der Waals surface area contributed by atoms with Gasteiger partial charge in [-0.15, -0.1) is 0 Å². The molecule has 1 amide bonds. The maximum absolute atomic E-state index is 13.5. The summed E-state index contributed by atoms with van der Waals surface area (Å²) in [6, 6.07) is 4.83. The fraction of sp³-hybridized carbons (Fsp3) is 0.591. The Labute approximate surface area is 180 Å². The lowest BCUT2D eigenvalue weighted by atomic mass is 9.85. The number of benzene rings is 1. The number of hydrogen-bond donors (Lipinski definition) is 1. The van der Waals surface area contributed by atoms with Gasteiger partial charge in [0.1, 0.15) is 18.1 Å². The lowest BCUT2D eigenvalue weighted by Crippen LogP contribution is -2.48. The van der Waals surface area contributed by atoms with Crippen molar-refractivity contribution in [2.24, 2.45) is 5.92 Å². The lowest BCUT2D eigenvalue weighted by molar-refractivity contribution is -0.139. The van der Waals surface area contributed by atoms with Gasteiger partial charge >= 0.3 is 0 Å². The zero-order valence-corrected chi connectivity index (χ0v) is 18.1. The number of hydrogen-bond acceptors (Lipinski definition) is 5. The van der Waals surface area contributed by atoms with Crippen LogP contribution in [0.4, 0.5) is 14.7 Å². The summed E-state index contributed by atoms with van der Waals surface area (Å²) in [5.41, 5.74) is 2.15. The molecular weight excluding hydrogens is 404 g/mol.